The molecule has 1 aromatic heterocycles. The van der Waals surface area contributed by atoms with Crippen molar-refractivity contribution in [2.24, 2.45) is 9.98 Å². The van der Waals surface area contributed by atoms with Crippen LogP contribution in [0.25, 0.3) is 0 Å². The fraction of sp³-hybridized carbons (Fsp3) is 0.0952. The standard InChI is InChI=1S/C13H10Br2N2.C8H6Br2N.ClH.Fe/c1-9(10-4-3-7-16-8-10)17-13-11(14)5-2-6-12(13)15;1-2-11-8-6(9)4-3-5-7(8)10;;/h2-8H,1H3;3-5H,1H3;1H;/q;-1;;+2/p-1. The molecular formula is C21H16Br4ClFeN3. The first-order valence-corrected chi connectivity index (χ1v) is 11.3. The Morgan fingerprint density at radius 1 is 0.833 bits per heavy atom. The molecule has 0 aliphatic rings. The molecule has 0 atom stereocenters. The Hall–Kier alpha value is -0.341. The SMILES string of the molecule is CC(=Nc1c(Br)cccc1Br)c1cccnc1.C[C-]=Nc1c(Br)cccc1Br.[Cl-].[Fe+2]. The molecule has 158 valence electrons. The van der Waals surface area contributed by atoms with E-state index in [2.05, 4.69) is 84.9 Å². The van der Waals surface area contributed by atoms with Crippen LogP contribution in [0.2, 0.25) is 0 Å². The second-order valence-electron chi connectivity index (χ2n) is 5.41. The van der Waals surface area contributed by atoms with E-state index in [1.165, 1.54) is 0 Å². The van der Waals surface area contributed by atoms with E-state index in [1.54, 1.807) is 13.1 Å². The van der Waals surface area contributed by atoms with Crippen molar-refractivity contribution >= 4 is 87.0 Å². The normalized spacial score (nSPS) is 10.5. The zero-order valence-corrected chi connectivity index (χ0v) is 24.1. The summed E-state index contributed by atoms with van der Waals surface area (Å²) >= 11 is 13.8. The minimum absolute atomic E-state index is 0. The first-order chi connectivity index (χ1) is 13.4. The quantitative estimate of drug-likeness (QED) is 0.199. The van der Waals surface area contributed by atoms with Crippen molar-refractivity contribution in [2.45, 2.75) is 13.8 Å². The smallest absolute Gasteiger partial charge is 1.00 e. The molecule has 0 aliphatic heterocycles. The summed E-state index contributed by atoms with van der Waals surface area (Å²) in [5.74, 6) is 0. The van der Waals surface area contributed by atoms with Crippen LogP contribution in [0.15, 0.2) is 88.8 Å². The van der Waals surface area contributed by atoms with Crippen molar-refractivity contribution in [1.82, 2.24) is 4.98 Å². The summed E-state index contributed by atoms with van der Waals surface area (Å²) in [6.45, 7) is 3.74. The predicted octanol–water partition coefficient (Wildman–Crippen LogP) is 5.56. The van der Waals surface area contributed by atoms with E-state index in [0.717, 1.165) is 40.5 Å². The molecule has 0 unspecified atom stereocenters. The van der Waals surface area contributed by atoms with E-state index in [9.17, 15) is 0 Å². The topological polar surface area (TPSA) is 37.6 Å². The summed E-state index contributed by atoms with van der Waals surface area (Å²) < 4.78 is 3.88. The molecule has 3 aromatic rings. The van der Waals surface area contributed by atoms with Crippen molar-refractivity contribution in [3.63, 3.8) is 0 Å². The Balaban J connectivity index is 0.000000569. The second kappa shape index (κ2) is 15.5. The van der Waals surface area contributed by atoms with Crippen LogP contribution >= 0.6 is 63.7 Å². The van der Waals surface area contributed by atoms with Gasteiger partial charge < -0.3 is 17.4 Å². The van der Waals surface area contributed by atoms with Crippen molar-refractivity contribution < 1.29 is 29.5 Å². The van der Waals surface area contributed by atoms with E-state index in [4.69, 9.17) is 0 Å². The number of hydrogen-bond acceptors (Lipinski definition) is 3. The van der Waals surface area contributed by atoms with Crippen LogP contribution in [0.1, 0.15) is 19.4 Å². The Labute approximate surface area is 227 Å². The van der Waals surface area contributed by atoms with Crippen LogP contribution in [-0.4, -0.2) is 16.9 Å². The van der Waals surface area contributed by atoms with Crippen LogP contribution in [-0.2, 0) is 17.1 Å². The maximum atomic E-state index is 4.61. The zero-order valence-electron chi connectivity index (χ0n) is 15.9. The number of aliphatic imine (C=N–C) groups is 2. The molecule has 0 radical (unpaired) electrons. The molecular weight excluding hydrogens is 705 g/mol. The van der Waals surface area contributed by atoms with Gasteiger partial charge in [0.2, 0.25) is 0 Å². The maximum absolute atomic E-state index is 4.61. The fourth-order valence-corrected chi connectivity index (χ4v) is 4.46. The van der Waals surface area contributed by atoms with Gasteiger partial charge in [-0.1, -0.05) is 67.9 Å². The van der Waals surface area contributed by atoms with Crippen LogP contribution in [0.3, 0.4) is 0 Å². The number of rotatable bonds is 3. The molecule has 9 heteroatoms. The van der Waals surface area contributed by atoms with Gasteiger partial charge in [0, 0.05) is 32.6 Å². The third-order valence-electron chi connectivity index (χ3n) is 3.46. The molecule has 0 N–H and O–H groups in total. The first-order valence-electron chi connectivity index (χ1n) is 8.15. The van der Waals surface area contributed by atoms with Crippen molar-refractivity contribution in [1.29, 1.82) is 0 Å². The molecule has 0 saturated heterocycles. The van der Waals surface area contributed by atoms with E-state index in [0.29, 0.717) is 0 Å². The molecule has 0 amide bonds. The van der Waals surface area contributed by atoms with E-state index in [1.807, 2.05) is 61.7 Å². The summed E-state index contributed by atoms with van der Waals surface area (Å²) in [5.41, 5.74) is 3.74. The number of halogens is 5. The van der Waals surface area contributed by atoms with Gasteiger partial charge >= 0.3 is 17.1 Å². The third kappa shape index (κ3) is 9.03. The van der Waals surface area contributed by atoms with Gasteiger partial charge in [0.25, 0.3) is 0 Å². The predicted molar refractivity (Wildman–Crippen MR) is 133 cm³/mol. The van der Waals surface area contributed by atoms with Crippen molar-refractivity contribution in [3.05, 3.63) is 84.4 Å². The molecule has 1 heterocycles. The second-order valence-corrected chi connectivity index (χ2v) is 8.83. The molecule has 30 heavy (non-hydrogen) atoms. The third-order valence-corrected chi connectivity index (χ3v) is 6.02. The first kappa shape index (κ1) is 29.7. The van der Waals surface area contributed by atoms with Crippen LogP contribution in [0.4, 0.5) is 11.4 Å². The van der Waals surface area contributed by atoms with Gasteiger partial charge in [-0.2, -0.15) is 6.21 Å². The van der Waals surface area contributed by atoms with Crippen LogP contribution in [0.5, 0.6) is 0 Å². The molecule has 0 saturated carbocycles. The van der Waals surface area contributed by atoms with E-state index in [-0.39, 0.29) is 29.5 Å². The van der Waals surface area contributed by atoms with Gasteiger partial charge in [-0.05, 0) is 65.9 Å². The summed E-state index contributed by atoms with van der Waals surface area (Å²) in [4.78, 5) is 12.8. The summed E-state index contributed by atoms with van der Waals surface area (Å²) in [5, 5.41) is 0. The number of pyridine rings is 1. The average Bonchev–Trinajstić information content (AvgIpc) is 2.69. The van der Waals surface area contributed by atoms with Gasteiger partial charge in [-0.15, -0.1) is 6.92 Å². The molecule has 0 spiro atoms. The fourth-order valence-electron chi connectivity index (χ4n) is 2.11. The molecule has 3 nitrogen and oxygen atoms in total. The Kier molecular flexibility index (Phi) is 15.3. The number of aromatic nitrogens is 1. The summed E-state index contributed by atoms with van der Waals surface area (Å²) in [6, 6.07) is 15.7. The van der Waals surface area contributed by atoms with Gasteiger partial charge in [-0.25, -0.2) is 0 Å². The molecule has 0 aliphatic carbocycles. The van der Waals surface area contributed by atoms with Gasteiger partial charge in [0.05, 0.1) is 5.69 Å². The van der Waals surface area contributed by atoms with Gasteiger partial charge in [0.15, 0.2) is 0 Å². The number of nitrogens with zero attached hydrogens (tertiary/aromatic N) is 3. The monoisotopic (exact) mass is 717 g/mol. The van der Waals surface area contributed by atoms with Gasteiger partial charge in [-0.3, -0.25) is 9.98 Å². The summed E-state index contributed by atoms with van der Waals surface area (Å²) in [6.07, 6.45) is 6.29. The van der Waals surface area contributed by atoms with Crippen molar-refractivity contribution in [2.75, 3.05) is 0 Å². The molecule has 2 aromatic carbocycles. The molecule has 0 fully saturated rings. The average molecular weight is 721 g/mol. The Morgan fingerprint density at radius 3 is 1.77 bits per heavy atom. The largest absolute Gasteiger partial charge is 2.00 e. The summed E-state index contributed by atoms with van der Waals surface area (Å²) in [7, 11) is 0. The number of benzene rings is 2. The van der Waals surface area contributed by atoms with E-state index < -0.39 is 0 Å². The Morgan fingerprint density at radius 2 is 1.33 bits per heavy atom. The maximum Gasteiger partial charge on any atom is 2.00 e. The number of hydrogen-bond donors (Lipinski definition) is 0. The molecule has 0 bridgehead atoms. The minimum atomic E-state index is 0. The van der Waals surface area contributed by atoms with Crippen LogP contribution in [0, 0.1) is 0 Å². The Bertz CT molecular complexity index is 958. The molecule has 3 rings (SSSR count). The van der Waals surface area contributed by atoms with Crippen molar-refractivity contribution in [3.8, 4) is 0 Å². The van der Waals surface area contributed by atoms with E-state index >= 15 is 0 Å². The van der Waals surface area contributed by atoms with Gasteiger partial charge in [0.1, 0.15) is 0 Å². The van der Waals surface area contributed by atoms with Crippen LogP contribution < -0.4 is 12.4 Å². The minimum Gasteiger partial charge on any atom is -1.00 e. The number of para-hydroxylation sites is 2. The zero-order chi connectivity index (χ0) is 20.5.